The third-order valence-corrected chi connectivity index (χ3v) is 4.40. The number of hydrogen-bond acceptors (Lipinski definition) is 4. The van der Waals surface area contributed by atoms with E-state index < -0.39 is 5.97 Å². The molecule has 0 radical (unpaired) electrons. The highest BCUT2D eigenvalue weighted by Crippen LogP contribution is 2.35. The highest BCUT2D eigenvalue weighted by molar-refractivity contribution is 7.25. The number of esters is 1. The van der Waals surface area contributed by atoms with Crippen LogP contribution in [-0.4, -0.2) is 5.97 Å². The molecule has 3 nitrogen and oxygen atoms in total. The van der Waals surface area contributed by atoms with Crippen molar-refractivity contribution in [3.8, 4) is 5.75 Å². The minimum absolute atomic E-state index is 0.145. The maximum absolute atomic E-state index is 12.5. The first kappa shape index (κ1) is 13.1. The maximum Gasteiger partial charge on any atom is 0.308 e. The van der Waals surface area contributed by atoms with Crippen LogP contribution in [-0.2, 0) is 4.79 Å². The Morgan fingerprint density at radius 2 is 1.95 bits per heavy atom. The lowest BCUT2D eigenvalue weighted by atomic mass is 10.2. The van der Waals surface area contributed by atoms with E-state index in [0.29, 0.717) is 26.2 Å². The molecule has 0 saturated heterocycles. The summed E-state index contributed by atoms with van der Waals surface area (Å²) in [6.45, 7) is 1.32. The van der Waals surface area contributed by atoms with Crippen LogP contribution < -0.4 is 10.2 Å². The number of fused-ring (bicyclic) bond motifs is 2. The van der Waals surface area contributed by atoms with E-state index >= 15 is 0 Å². The van der Waals surface area contributed by atoms with Gasteiger partial charge in [0, 0.05) is 17.0 Å². The normalized spacial score (nSPS) is 10.9. The molecule has 0 atom stereocenters. The molecule has 3 rings (SSSR count). The molecule has 1 heterocycles. The Morgan fingerprint density at radius 1 is 1.20 bits per heavy atom. The van der Waals surface area contributed by atoms with E-state index in [9.17, 15) is 9.59 Å². The Morgan fingerprint density at radius 3 is 2.70 bits per heavy atom. The number of benzene rings is 2. The van der Waals surface area contributed by atoms with Gasteiger partial charge in [0.2, 0.25) is 0 Å². The van der Waals surface area contributed by atoms with E-state index in [1.54, 1.807) is 18.2 Å². The molecular formula is C15H9ClO3S. The number of rotatable bonds is 1. The van der Waals surface area contributed by atoms with Gasteiger partial charge in [0.05, 0.1) is 15.1 Å². The number of hydrogen-bond donors (Lipinski definition) is 0. The zero-order valence-corrected chi connectivity index (χ0v) is 12.0. The van der Waals surface area contributed by atoms with Crippen LogP contribution >= 0.6 is 22.9 Å². The van der Waals surface area contributed by atoms with E-state index in [2.05, 4.69) is 0 Å². The molecule has 1 aromatic heterocycles. The Kier molecular flexibility index (Phi) is 3.20. The molecule has 2 aromatic carbocycles. The Balaban J connectivity index is 2.49. The van der Waals surface area contributed by atoms with Crippen LogP contribution in [0.1, 0.15) is 6.92 Å². The number of carbonyl (C=O) groups is 1. The maximum atomic E-state index is 12.5. The second kappa shape index (κ2) is 4.89. The fraction of sp³-hybridized carbons (Fsp3) is 0.0667. The molecule has 3 aromatic rings. The van der Waals surface area contributed by atoms with Crippen LogP contribution in [0.2, 0.25) is 5.02 Å². The first-order chi connectivity index (χ1) is 9.58. The van der Waals surface area contributed by atoms with Crippen molar-refractivity contribution in [3.05, 3.63) is 51.6 Å². The van der Waals surface area contributed by atoms with Crippen LogP contribution in [0.15, 0.2) is 41.2 Å². The van der Waals surface area contributed by atoms with Gasteiger partial charge in [0.25, 0.3) is 0 Å². The summed E-state index contributed by atoms with van der Waals surface area (Å²) in [5.74, 6) is -0.0637. The summed E-state index contributed by atoms with van der Waals surface area (Å²) in [5.41, 5.74) is -0.145. The zero-order chi connectivity index (χ0) is 14.3. The number of ether oxygens (including phenoxy) is 1. The molecule has 0 N–H and O–H groups in total. The van der Waals surface area contributed by atoms with Gasteiger partial charge in [-0.2, -0.15) is 0 Å². The third-order valence-electron chi connectivity index (χ3n) is 2.90. The van der Waals surface area contributed by atoms with Crippen molar-refractivity contribution >= 4 is 49.1 Å². The molecule has 0 bridgehead atoms. The summed E-state index contributed by atoms with van der Waals surface area (Å²) in [7, 11) is 0. The molecule has 0 aliphatic heterocycles. The Bertz CT molecular complexity index is 899. The molecule has 0 amide bonds. The van der Waals surface area contributed by atoms with Crippen molar-refractivity contribution in [3.63, 3.8) is 0 Å². The minimum Gasteiger partial charge on any atom is -0.425 e. The topological polar surface area (TPSA) is 43.4 Å². The van der Waals surface area contributed by atoms with Crippen molar-refractivity contribution in [2.45, 2.75) is 6.92 Å². The molecule has 0 fully saturated rings. The fourth-order valence-corrected chi connectivity index (χ4v) is 3.53. The smallest absolute Gasteiger partial charge is 0.308 e. The Hall–Kier alpha value is -1.91. The molecule has 0 aliphatic rings. The van der Waals surface area contributed by atoms with Crippen molar-refractivity contribution in [2.24, 2.45) is 0 Å². The predicted molar refractivity (Wildman–Crippen MR) is 81.9 cm³/mol. The first-order valence-electron chi connectivity index (χ1n) is 5.90. The van der Waals surface area contributed by atoms with Crippen LogP contribution in [0, 0.1) is 0 Å². The van der Waals surface area contributed by atoms with Gasteiger partial charge >= 0.3 is 5.97 Å². The summed E-state index contributed by atoms with van der Waals surface area (Å²) in [5, 5.41) is 1.38. The summed E-state index contributed by atoms with van der Waals surface area (Å²) in [4.78, 5) is 23.7. The number of halogens is 1. The van der Waals surface area contributed by atoms with Crippen LogP contribution in [0.5, 0.6) is 5.75 Å². The molecule has 5 heteroatoms. The Labute approximate surface area is 123 Å². The van der Waals surface area contributed by atoms with Gasteiger partial charge in [0.1, 0.15) is 5.75 Å². The molecule has 0 spiro atoms. The van der Waals surface area contributed by atoms with Crippen LogP contribution in [0.3, 0.4) is 0 Å². The van der Waals surface area contributed by atoms with Crippen molar-refractivity contribution in [1.82, 2.24) is 0 Å². The minimum atomic E-state index is -0.429. The SMILES string of the molecule is CC(=O)Oc1ccc(Cl)c2c(=O)c3ccccc3sc12. The third kappa shape index (κ3) is 2.07. The van der Waals surface area contributed by atoms with E-state index in [1.165, 1.54) is 18.3 Å². The van der Waals surface area contributed by atoms with Crippen molar-refractivity contribution < 1.29 is 9.53 Å². The lowest BCUT2D eigenvalue weighted by Crippen LogP contribution is -2.05. The molecule has 20 heavy (non-hydrogen) atoms. The van der Waals surface area contributed by atoms with E-state index in [4.69, 9.17) is 16.3 Å². The van der Waals surface area contributed by atoms with Gasteiger partial charge in [-0.1, -0.05) is 23.7 Å². The largest absolute Gasteiger partial charge is 0.425 e. The monoisotopic (exact) mass is 304 g/mol. The predicted octanol–water partition coefficient (Wildman–Crippen LogP) is 3.99. The standard InChI is InChI=1S/C15H9ClO3S/c1-8(17)19-11-7-6-10(16)13-14(18)9-4-2-3-5-12(9)20-15(11)13/h2-7H,1H3. The summed E-state index contributed by atoms with van der Waals surface area (Å²) < 4.78 is 6.59. The average Bonchev–Trinajstić information content (AvgIpc) is 2.42. The molecule has 0 saturated carbocycles. The molecule has 100 valence electrons. The second-order valence-electron chi connectivity index (χ2n) is 4.27. The fourth-order valence-electron chi connectivity index (χ4n) is 2.08. The van der Waals surface area contributed by atoms with E-state index in [-0.39, 0.29) is 5.43 Å². The molecule has 0 aliphatic carbocycles. The van der Waals surface area contributed by atoms with Gasteiger partial charge in [-0.05, 0) is 24.3 Å². The van der Waals surface area contributed by atoms with Gasteiger partial charge in [0.15, 0.2) is 5.43 Å². The van der Waals surface area contributed by atoms with Crippen LogP contribution in [0.25, 0.3) is 20.2 Å². The molecule has 0 unspecified atom stereocenters. The molecular weight excluding hydrogens is 296 g/mol. The summed E-state index contributed by atoms with van der Waals surface area (Å²) in [6.07, 6.45) is 0. The highest BCUT2D eigenvalue weighted by Gasteiger charge is 2.14. The average molecular weight is 305 g/mol. The van der Waals surface area contributed by atoms with Crippen molar-refractivity contribution in [1.29, 1.82) is 0 Å². The van der Waals surface area contributed by atoms with Gasteiger partial charge in [-0.3, -0.25) is 9.59 Å². The zero-order valence-electron chi connectivity index (χ0n) is 10.5. The van der Waals surface area contributed by atoms with Crippen LogP contribution in [0.4, 0.5) is 0 Å². The summed E-state index contributed by atoms with van der Waals surface area (Å²) >= 11 is 7.52. The number of carbonyl (C=O) groups excluding carboxylic acids is 1. The second-order valence-corrected chi connectivity index (χ2v) is 5.73. The lowest BCUT2D eigenvalue weighted by molar-refractivity contribution is -0.131. The van der Waals surface area contributed by atoms with Gasteiger partial charge in [-0.15, -0.1) is 11.3 Å². The van der Waals surface area contributed by atoms with E-state index in [0.717, 1.165) is 4.70 Å². The van der Waals surface area contributed by atoms with Gasteiger partial charge in [-0.25, -0.2) is 0 Å². The quantitative estimate of drug-likeness (QED) is 0.388. The van der Waals surface area contributed by atoms with Gasteiger partial charge < -0.3 is 4.74 Å². The first-order valence-corrected chi connectivity index (χ1v) is 7.10. The summed E-state index contributed by atoms with van der Waals surface area (Å²) in [6, 6.07) is 10.5. The van der Waals surface area contributed by atoms with E-state index in [1.807, 2.05) is 18.2 Å². The van der Waals surface area contributed by atoms with Crippen molar-refractivity contribution in [2.75, 3.05) is 0 Å². The highest BCUT2D eigenvalue weighted by atomic mass is 35.5. The lowest BCUT2D eigenvalue weighted by Gasteiger charge is -2.07.